The number of hydrogen-bond acceptors (Lipinski definition) is 6. The fourth-order valence-corrected chi connectivity index (χ4v) is 2.69. The van der Waals surface area contributed by atoms with Crippen molar-refractivity contribution in [2.75, 3.05) is 32.8 Å². The summed E-state index contributed by atoms with van der Waals surface area (Å²) in [7, 11) is 0. The van der Waals surface area contributed by atoms with Crippen molar-refractivity contribution in [1.82, 2.24) is 30.4 Å². The number of tetrazole rings is 1. The SMILES string of the molecule is O=C(Cn1cnnn1)NCC(c1ccccc1)N1CCOCC1. The molecule has 1 aliphatic heterocycles. The minimum Gasteiger partial charge on any atom is -0.379 e. The van der Waals surface area contributed by atoms with Crippen molar-refractivity contribution in [1.29, 1.82) is 0 Å². The van der Waals surface area contributed by atoms with Gasteiger partial charge in [-0.2, -0.15) is 0 Å². The van der Waals surface area contributed by atoms with E-state index in [0.29, 0.717) is 6.54 Å². The topological polar surface area (TPSA) is 85.2 Å². The molecule has 1 amide bonds. The first-order chi connectivity index (χ1) is 11.3. The van der Waals surface area contributed by atoms with Gasteiger partial charge in [-0.25, -0.2) is 4.68 Å². The molecule has 2 heterocycles. The summed E-state index contributed by atoms with van der Waals surface area (Å²) in [5, 5.41) is 13.7. The van der Waals surface area contributed by atoms with Gasteiger partial charge in [0.05, 0.1) is 19.3 Å². The molecule has 8 nitrogen and oxygen atoms in total. The molecular formula is C15H20N6O2. The van der Waals surface area contributed by atoms with Crippen LogP contribution in [0.1, 0.15) is 11.6 Å². The third-order valence-corrected chi connectivity index (χ3v) is 3.86. The number of benzene rings is 1. The van der Waals surface area contributed by atoms with Gasteiger partial charge in [-0.1, -0.05) is 30.3 Å². The second-order valence-electron chi connectivity index (χ2n) is 5.39. The van der Waals surface area contributed by atoms with Gasteiger partial charge in [0.25, 0.3) is 0 Å². The van der Waals surface area contributed by atoms with Gasteiger partial charge in [0.15, 0.2) is 0 Å². The molecule has 1 N–H and O–H groups in total. The lowest BCUT2D eigenvalue weighted by Crippen LogP contribution is -2.44. The molecular weight excluding hydrogens is 296 g/mol. The van der Waals surface area contributed by atoms with E-state index in [1.807, 2.05) is 18.2 Å². The fourth-order valence-electron chi connectivity index (χ4n) is 2.69. The molecule has 23 heavy (non-hydrogen) atoms. The molecule has 1 aromatic heterocycles. The third kappa shape index (κ3) is 4.33. The zero-order chi connectivity index (χ0) is 15.9. The van der Waals surface area contributed by atoms with E-state index < -0.39 is 0 Å². The number of carbonyl (C=O) groups is 1. The highest BCUT2D eigenvalue weighted by Crippen LogP contribution is 2.20. The first-order valence-corrected chi connectivity index (χ1v) is 7.67. The Kier molecular flexibility index (Phi) is 5.28. The van der Waals surface area contributed by atoms with E-state index in [9.17, 15) is 4.79 Å². The quantitative estimate of drug-likeness (QED) is 0.798. The molecule has 1 fully saturated rings. The fraction of sp³-hybridized carbons (Fsp3) is 0.467. The molecule has 1 aliphatic rings. The summed E-state index contributed by atoms with van der Waals surface area (Å²) in [6.07, 6.45) is 1.43. The van der Waals surface area contributed by atoms with Crippen LogP contribution in [0.3, 0.4) is 0 Å². The van der Waals surface area contributed by atoms with Crippen LogP contribution in [-0.4, -0.2) is 63.9 Å². The van der Waals surface area contributed by atoms with Gasteiger partial charge in [0, 0.05) is 19.6 Å². The normalized spacial score (nSPS) is 16.9. The Labute approximate surface area is 134 Å². The van der Waals surface area contributed by atoms with Crippen LogP contribution in [0.2, 0.25) is 0 Å². The number of nitrogens with zero attached hydrogens (tertiary/aromatic N) is 5. The molecule has 3 rings (SSSR count). The Bertz CT molecular complexity index is 598. The molecule has 0 aliphatic carbocycles. The number of ether oxygens (including phenoxy) is 1. The minimum atomic E-state index is -0.105. The maximum Gasteiger partial charge on any atom is 0.241 e. The summed E-state index contributed by atoms with van der Waals surface area (Å²) < 4.78 is 6.83. The average molecular weight is 316 g/mol. The molecule has 122 valence electrons. The van der Waals surface area contributed by atoms with Crippen molar-refractivity contribution in [2.24, 2.45) is 0 Å². The van der Waals surface area contributed by atoms with Crippen LogP contribution in [0.5, 0.6) is 0 Å². The van der Waals surface area contributed by atoms with Crippen LogP contribution < -0.4 is 5.32 Å². The lowest BCUT2D eigenvalue weighted by Gasteiger charge is -2.34. The van der Waals surface area contributed by atoms with E-state index in [1.165, 1.54) is 16.6 Å². The van der Waals surface area contributed by atoms with Gasteiger partial charge in [0.2, 0.25) is 5.91 Å². The first-order valence-electron chi connectivity index (χ1n) is 7.67. The number of amides is 1. The van der Waals surface area contributed by atoms with Gasteiger partial charge in [-0.05, 0) is 16.0 Å². The van der Waals surface area contributed by atoms with E-state index >= 15 is 0 Å². The second-order valence-corrected chi connectivity index (χ2v) is 5.39. The summed E-state index contributed by atoms with van der Waals surface area (Å²) in [5.41, 5.74) is 1.19. The van der Waals surface area contributed by atoms with Crippen LogP contribution >= 0.6 is 0 Å². The first kappa shape index (κ1) is 15.6. The Morgan fingerprint density at radius 2 is 2.04 bits per heavy atom. The number of nitrogens with one attached hydrogen (secondary N) is 1. The van der Waals surface area contributed by atoms with Crippen LogP contribution in [0, 0.1) is 0 Å². The Morgan fingerprint density at radius 3 is 2.74 bits per heavy atom. The Hall–Kier alpha value is -2.32. The van der Waals surface area contributed by atoms with E-state index in [-0.39, 0.29) is 18.5 Å². The summed E-state index contributed by atoms with van der Waals surface area (Å²) >= 11 is 0. The summed E-state index contributed by atoms with van der Waals surface area (Å²) in [5.74, 6) is -0.105. The highest BCUT2D eigenvalue weighted by Gasteiger charge is 2.23. The summed E-state index contributed by atoms with van der Waals surface area (Å²) in [6.45, 7) is 3.84. The number of morpholine rings is 1. The molecule has 1 unspecified atom stereocenters. The van der Waals surface area contributed by atoms with Gasteiger partial charge >= 0.3 is 0 Å². The molecule has 0 radical (unpaired) electrons. The van der Waals surface area contributed by atoms with E-state index in [0.717, 1.165) is 26.3 Å². The van der Waals surface area contributed by atoms with Gasteiger partial charge in [-0.15, -0.1) is 5.10 Å². The smallest absolute Gasteiger partial charge is 0.241 e. The zero-order valence-electron chi connectivity index (χ0n) is 12.8. The van der Waals surface area contributed by atoms with Crippen molar-refractivity contribution in [3.63, 3.8) is 0 Å². The van der Waals surface area contributed by atoms with Crippen molar-refractivity contribution in [3.8, 4) is 0 Å². The lowest BCUT2D eigenvalue weighted by molar-refractivity contribution is -0.122. The number of rotatable bonds is 6. The van der Waals surface area contributed by atoms with Crippen molar-refractivity contribution in [2.45, 2.75) is 12.6 Å². The highest BCUT2D eigenvalue weighted by molar-refractivity contribution is 5.75. The van der Waals surface area contributed by atoms with Crippen molar-refractivity contribution in [3.05, 3.63) is 42.2 Å². The highest BCUT2D eigenvalue weighted by atomic mass is 16.5. The molecule has 2 aromatic rings. The molecule has 1 saturated heterocycles. The zero-order valence-corrected chi connectivity index (χ0v) is 12.8. The second kappa shape index (κ2) is 7.80. The predicted molar refractivity (Wildman–Crippen MR) is 82.4 cm³/mol. The maximum absolute atomic E-state index is 12.1. The van der Waals surface area contributed by atoms with E-state index in [2.05, 4.69) is 37.9 Å². The molecule has 0 bridgehead atoms. The standard InChI is InChI=1S/C15H20N6O2/c22-15(11-21-12-17-18-19-21)16-10-14(13-4-2-1-3-5-13)20-6-8-23-9-7-20/h1-5,12,14H,6-11H2,(H,16,22). The molecule has 1 aromatic carbocycles. The van der Waals surface area contributed by atoms with Gasteiger partial charge in [-0.3, -0.25) is 9.69 Å². The van der Waals surface area contributed by atoms with Crippen LogP contribution in [0.15, 0.2) is 36.7 Å². The average Bonchev–Trinajstić information content (AvgIpc) is 3.10. The lowest BCUT2D eigenvalue weighted by atomic mass is 10.0. The van der Waals surface area contributed by atoms with Gasteiger partial charge < -0.3 is 10.1 Å². The summed E-state index contributed by atoms with van der Waals surface area (Å²) in [6, 6.07) is 10.4. The predicted octanol–water partition coefficient (Wildman–Crippen LogP) is -0.137. The Balaban J connectivity index is 1.62. The number of aromatic nitrogens is 4. The van der Waals surface area contributed by atoms with Crippen molar-refractivity contribution < 1.29 is 9.53 Å². The van der Waals surface area contributed by atoms with E-state index in [4.69, 9.17) is 4.74 Å². The molecule has 0 saturated carbocycles. The summed E-state index contributed by atoms with van der Waals surface area (Å²) in [4.78, 5) is 14.4. The van der Waals surface area contributed by atoms with Crippen LogP contribution in [0.25, 0.3) is 0 Å². The molecule has 1 atom stereocenters. The number of hydrogen-bond donors (Lipinski definition) is 1. The maximum atomic E-state index is 12.1. The van der Waals surface area contributed by atoms with E-state index in [1.54, 1.807) is 0 Å². The number of carbonyl (C=O) groups excluding carboxylic acids is 1. The molecule has 0 spiro atoms. The third-order valence-electron chi connectivity index (χ3n) is 3.86. The largest absolute Gasteiger partial charge is 0.379 e. The Morgan fingerprint density at radius 1 is 1.26 bits per heavy atom. The minimum absolute atomic E-state index is 0.105. The monoisotopic (exact) mass is 316 g/mol. The van der Waals surface area contributed by atoms with Crippen LogP contribution in [-0.2, 0) is 16.1 Å². The molecule has 8 heteroatoms. The van der Waals surface area contributed by atoms with Crippen LogP contribution in [0.4, 0.5) is 0 Å². The van der Waals surface area contributed by atoms with Crippen molar-refractivity contribution >= 4 is 5.91 Å². The van der Waals surface area contributed by atoms with Gasteiger partial charge in [0.1, 0.15) is 12.9 Å².